The van der Waals surface area contributed by atoms with E-state index in [0.29, 0.717) is 15.0 Å². The van der Waals surface area contributed by atoms with Gasteiger partial charge in [-0.3, -0.25) is 0 Å². The van der Waals surface area contributed by atoms with Gasteiger partial charge in [-0.2, -0.15) is 0 Å². The van der Waals surface area contributed by atoms with Crippen LogP contribution in [0, 0.1) is 0 Å². The molecule has 0 aliphatic carbocycles. The number of carbonyl (C=O) groups is 3. The van der Waals surface area contributed by atoms with Gasteiger partial charge in [-0.05, 0) is 0 Å². The van der Waals surface area contributed by atoms with Gasteiger partial charge < -0.3 is 0 Å². The summed E-state index contributed by atoms with van der Waals surface area (Å²) < 4.78 is 0. The summed E-state index contributed by atoms with van der Waals surface area (Å²) in [4.78, 5) is 30.0. The van der Waals surface area contributed by atoms with Crippen LogP contribution in [0.2, 0.25) is 0 Å². The standard InChI is InChI=1S/3CHO.V/c3*1-2;/h3*1H;. The van der Waals surface area contributed by atoms with Crippen molar-refractivity contribution in [2.24, 2.45) is 0 Å². The van der Waals surface area contributed by atoms with Gasteiger partial charge in [0.05, 0.1) is 0 Å². The van der Waals surface area contributed by atoms with E-state index >= 15 is 0 Å². The second-order valence-electron chi connectivity index (χ2n) is 0.763. The summed E-state index contributed by atoms with van der Waals surface area (Å²) in [5, 5.41) is 0. The van der Waals surface area contributed by atoms with Crippen molar-refractivity contribution in [1.29, 1.82) is 0 Å². The van der Waals surface area contributed by atoms with Crippen molar-refractivity contribution in [2.75, 3.05) is 0 Å². The Hall–Kier alpha value is -0.406. The maximum atomic E-state index is 9.57. The second-order valence-corrected chi connectivity index (χ2v) is 3.15. The van der Waals surface area contributed by atoms with Crippen LogP contribution in [-0.2, 0) is 29.5 Å². The van der Waals surface area contributed by atoms with Crippen molar-refractivity contribution in [3.05, 3.63) is 0 Å². The summed E-state index contributed by atoms with van der Waals surface area (Å²) in [7, 11) is 0. The Bertz CT molecular complexity index is 71.2. The van der Waals surface area contributed by atoms with Crippen molar-refractivity contribution < 1.29 is 29.5 Å². The first-order chi connectivity index (χ1) is 3.35. The van der Waals surface area contributed by atoms with E-state index in [1.165, 1.54) is 0 Å². The number of hydrogen-bond donors (Lipinski definition) is 0. The van der Waals surface area contributed by atoms with Crippen LogP contribution in [-0.4, -0.2) is 15.0 Å². The average molecular weight is 138 g/mol. The number of hydrogen-bond acceptors (Lipinski definition) is 3. The molecule has 7 heavy (non-hydrogen) atoms. The van der Waals surface area contributed by atoms with Crippen LogP contribution in [0.4, 0.5) is 0 Å². The SMILES string of the molecule is O=[CH][V]([CH]=O)[CH]=O. The van der Waals surface area contributed by atoms with Crippen molar-refractivity contribution in [1.82, 2.24) is 0 Å². The molecule has 38 valence electrons. The molecule has 0 bridgehead atoms. The fourth-order valence-electron chi connectivity index (χ4n) is 0.0745. The molecule has 0 heterocycles. The molecule has 0 aromatic rings. The van der Waals surface area contributed by atoms with Gasteiger partial charge in [0.2, 0.25) is 0 Å². The fourth-order valence-corrected chi connectivity index (χ4v) is 0.307. The van der Waals surface area contributed by atoms with E-state index in [0.717, 1.165) is 0 Å². The third kappa shape index (κ3) is 2.31. The normalized spacial score (nSPS) is 8.14. The topological polar surface area (TPSA) is 51.2 Å². The molecule has 0 rings (SSSR count). The molecule has 0 atom stereocenters. The quantitative estimate of drug-likeness (QED) is 0.478. The van der Waals surface area contributed by atoms with Gasteiger partial charge in [0.15, 0.2) is 0 Å². The zero-order valence-corrected chi connectivity index (χ0v) is 4.80. The van der Waals surface area contributed by atoms with Gasteiger partial charge in [-0.25, -0.2) is 0 Å². The Labute approximate surface area is 45.2 Å². The van der Waals surface area contributed by atoms with Gasteiger partial charge in [-0.1, -0.05) is 0 Å². The summed E-state index contributed by atoms with van der Waals surface area (Å²) in [6, 6.07) is 0. The Morgan fingerprint density at radius 1 is 0.857 bits per heavy atom. The molecule has 0 spiro atoms. The molecule has 0 aromatic carbocycles. The minimum atomic E-state index is -2.27. The summed E-state index contributed by atoms with van der Waals surface area (Å²) >= 11 is -2.27. The molecule has 0 saturated heterocycles. The van der Waals surface area contributed by atoms with Gasteiger partial charge >= 0.3 is 44.5 Å². The minimum absolute atomic E-state index is 0.438. The van der Waals surface area contributed by atoms with Gasteiger partial charge in [0, 0.05) is 0 Å². The molecule has 0 aliphatic heterocycles. The molecule has 3 nitrogen and oxygen atoms in total. The summed E-state index contributed by atoms with van der Waals surface area (Å²) in [5.74, 6) is 0. The van der Waals surface area contributed by atoms with Crippen molar-refractivity contribution in [3.63, 3.8) is 0 Å². The molecule has 0 fully saturated rings. The van der Waals surface area contributed by atoms with E-state index < -0.39 is 15.2 Å². The summed E-state index contributed by atoms with van der Waals surface area (Å²) in [6.07, 6.45) is 0. The first kappa shape index (κ1) is 6.59. The van der Waals surface area contributed by atoms with E-state index in [1.54, 1.807) is 0 Å². The van der Waals surface area contributed by atoms with Crippen LogP contribution in [0.15, 0.2) is 0 Å². The van der Waals surface area contributed by atoms with Crippen LogP contribution in [0.25, 0.3) is 0 Å². The Morgan fingerprint density at radius 3 is 1.14 bits per heavy atom. The first-order valence-corrected chi connectivity index (χ1v) is 3.90. The molecular formula is C3H3O3V. The van der Waals surface area contributed by atoms with E-state index in [9.17, 15) is 14.4 Å². The molecule has 0 aromatic heterocycles. The number of carbonyl (C=O) groups excluding carboxylic acids is 3. The van der Waals surface area contributed by atoms with Crippen molar-refractivity contribution >= 4 is 15.0 Å². The van der Waals surface area contributed by atoms with Gasteiger partial charge in [0.1, 0.15) is 0 Å². The molecule has 0 N–H and O–H groups in total. The molecule has 0 amide bonds. The molecule has 0 aliphatic rings. The van der Waals surface area contributed by atoms with Crippen LogP contribution in [0.1, 0.15) is 0 Å². The fraction of sp³-hybridized carbons (Fsp3) is 0. The summed E-state index contributed by atoms with van der Waals surface area (Å²) in [5.41, 5.74) is 0. The first-order valence-electron chi connectivity index (χ1n) is 1.48. The van der Waals surface area contributed by atoms with Crippen LogP contribution >= 0.6 is 0 Å². The zero-order chi connectivity index (χ0) is 5.70. The Kier molecular flexibility index (Phi) is 3.55. The van der Waals surface area contributed by atoms with E-state index in [-0.39, 0.29) is 0 Å². The second kappa shape index (κ2) is 3.77. The van der Waals surface area contributed by atoms with Crippen LogP contribution in [0.3, 0.4) is 0 Å². The molecule has 0 saturated carbocycles. The van der Waals surface area contributed by atoms with E-state index in [4.69, 9.17) is 0 Å². The third-order valence-corrected chi connectivity index (χ3v) is 1.51. The van der Waals surface area contributed by atoms with Gasteiger partial charge in [0.25, 0.3) is 0 Å². The van der Waals surface area contributed by atoms with E-state index in [1.807, 2.05) is 0 Å². The molecular weight excluding hydrogens is 135 g/mol. The Balaban J connectivity index is 3.57. The van der Waals surface area contributed by atoms with Gasteiger partial charge in [-0.15, -0.1) is 0 Å². The Morgan fingerprint density at radius 2 is 1.14 bits per heavy atom. The van der Waals surface area contributed by atoms with Crippen molar-refractivity contribution in [2.45, 2.75) is 0 Å². The molecule has 0 radical (unpaired) electrons. The number of rotatable bonds is 3. The zero-order valence-electron chi connectivity index (χ0n) is 3.40. The monoisotopic (exact) mass is 138 g/mol. The van der Waals surface area contributed by atoms with Crippen molar-refractivity contribution in [3.8, 4) is 0 Å². The van der Waals surface area contributed by atoms with Crippen LogP contribution in [0.5, 0.6) is 0 Å². The van der Waals surface area contributed by atoms with E-state index in [2.05, 4.69) is 0 Å². The predicted octanol–water partition coefficient (Wildman–Crippen LogP) is -0.825. The third-order valence-electron chi connectivity index (χ3n) is 0.365. The summed E-state index contributed by atoms with van der Waals surface area (Å²) in [6.45, 7) is 0. The van der Waals surface area contributed by atoms with Crippen LogP contribution < -0.4 is 0 Å². The molecule has 4 heteroatoms. The molecule has 0 unspecified atom stereocenters. The average Bonchev–Trinajstić information content (AvgIpc) is 1.72. The maximum absolute atomic E-state index is 9.57. The predicted molar refractivity (Wildman–Crippen MR) is 20.3 cm³/mol.